The number of anilines is 2. The Hall–Kier alpha value is -4.37. The van der Waals surface area contributed by atoms with Gasteiger partial charge in [-0.25, -0.2) is 15.4 Å². The van der Waals surface area contributed by atoms with Crippen LogP contribution in [0.3, 0.4) is 0 Å². The van der Waals surface area contributed by atoms with Crippen molar-refractivity contribution in [1.29, 1.82) is 0 Å². The molecule has 9 nitrogen and oxygen atoms in total. The number of aromatic hydroxyl groups is 1. The van der Waals surface area contributed by atoms with Crippen molar-refractivity contribution in [2.45, 2.75) is 71.6 Å². The van der Waals surface area contributed by atoms with Gasteiger partial charge >= 0.3 is 12.1 Å². The molecule has 0 fully saturated rings. The third-order valence-electron chi connectivity index (χ3n) is 6.89. The quantitative estimate of drug-likeness (QED) is 0.107. The van der Waals surface area contributed by atoms with E-state index in [1.807, 2.05) is 54.0 Å². The summed E-state index contributed by atoms with van der Waals surface area (Å²) in [7, 11) is 0. The molecule has 0 saturated heterocycles. The number of nitrogens with one attached hydrogen (secondary N) is 4. The molecule has 3 aromatic carbocycles. The Labute approximate surface area is 248 Å². The molecule has 0 atom stereocenters. The number of nitrogens with two attached hydrogens (primary N) is 1. The SMILES string of the molecule is CC(C)(C)c1cc(CCC(=O)CNC(=O)Nc2ccc(Cc3ccc(NC(=O)NN)cc3)cc2)cc(C(C)(C)C)c1O. The third-order valence-corrected chi connectivity index (χ3v) is 6.89. The van der Waals surface area contributed by atoms with Gasteiger partial charge in [0.25, 0.3) is 0 Å². The first-order valence-electron chi connectivity index (χ1n) is 14.0. The summed E-state index contributed by atoms with van der Waals surface area (Å²) < 4.78 is 0. The molecule has 0 heterocycles. The van der Waals surface area contributed by atoms with Crippen molar-refractivity contribution in [3.8, 4) is 5.75 Å². The Morgan fingerprint density at radius 3 is 1.60 bits per heavy atom. The van der Waals surface area contributed by atoms with Gasteiger partial charge in [0.1, 0.15) is 5.75 Å². The topological polar surface area (TPSA) is 146 Å². The highest BCUT2D eigenvalue weighted by atomic mass is 16.3. The average Bonchev–Trinajstić information content (AvgIpc) is 2.92. The number of phenols is 1. The van der Waals surface area contributed by atoms with Gasteiger partial charge in [0, 0.05) is 17.8 Å². The van der Waals surface area contributed by atoms with Crippen LogP contribution in [0.2, 0.25) is 0 Å². The number of amides is 4. The van der Waals surface area contributed by atoms with Crippen LogP contribution in [0.15, 0.2) is 60.7 Å². The zero-order valence-corrected chi connectivity index (χ0v) is 25.4. The predicted molar refractivity (Wildman–Crippen MR) is 168 cm³/mol. The van der Waals surface area contributed by atoms with Crippen LogP contribution < -0.4 is 27.2 Å². The second-order valence-electron chi connectivity index (χ2n) is 12.6. The highest BCUT2D eigenvalue weighted by Crippen LogP contribution is 2.40. The molecule has 0 spiro atoms. The molecule has 7 N–H and O–H groups in total. The van der Waals surface area contributed by atoms with E-state index in [1.54, 1.807) is 12.1 Å². The molecule has 0 bridgehead atoms. The average molecular weight is 574 g/mol. The van der Waals surface area contributed by atoms with Crippen molar-refractivity contribution in [1.82, 2.24) is 10.7 Å². The lowest BCUT2D eigenvalue weighted by Crippen LogP contribution is -2.34. The number of phenolic OH excluding ortho intramolecular Hbond substituents is 1. The van der Waals surface area contributed by atoms with Crippen molar-refractivity contribution < 1.29 is 19.5 Å². The van der Waals surface area contributed by atoms with E-state index in [0.717, 1.165) is 27.8 Å². The van der Waals surface area contributed by atoms with E-state index in [9.17, 15) is 19.5 Å². The molecule has 4 amide bonds. The predicted octanol–water partition coefficient (Wildman–Crippen LogP) is 5.90. The Balaban J connectivity index is 1.49. The molecule has 0 unspecified atom stereocenters. The first-order valence-corrected chi connectivity index (χ1v) is 14.0. The number of benzene rings is 3. The number of rotatable bonds is 9. The summed E-state index contributed by atoms with van der Waals surface area (Å²) >= 11 is 0. The fourth-order valence-corrected chi connectivity index (χ4v) is 4.52. The van der Waals surface area contributed by atoms with Crippen LogP contribution in [0.5, 0.6) is 5.75 Å². The van der Waals surface area contributed by atoms with Crippen LogP contribution in [0.4, 0.5) is 21.0 Å². The van der Waals surface area contributed by atoms with Crippen molar-refractivity contribution >= 4 is 29.2 Å². The molecule has 0 aliphatic heterocycles. The number of hydrazine groups is 1. The first kappa shape index (κ1) is 32.1. The zero-order chi connectivity index (χ0) is 31.1. The summed E-state index contributed by atoms with van der Waals surface area (Å²) in [4.78, 5) is 36.3. The summed E-state index contributed by atoms with van der Waals surface area (Å²) in [5.41, 5.74) is 7.62. The fraction of sp³-hybridized carbons (Fsp3) is 0.364. The second kappa shape index (κ2) is 13.5. The molecule has 3 rings (SSSR count). The minimum absolute atomic E-state index is 0.0714. The van der Waals surface area contributed by atoms with Gasteiger partial charge in [-0.05, 0) is 75.8 Å². The zero-order valence-electron chi connectivity index (χ0n) is 25.4. The van der Waals surface area contributed by atoms with E-state index in [0.29, 0.717) is 30.0 Å². The maximum Gasteiger partial charge on any atom is 0.333 e. The highest BCUT2D eigenvalue weighted by molar-refractivity contribution is 5.92. The smallest absolute Gasteiger partial charge is 0.333 e. The monoisotopic (exact) mass is 573 g/mol. The molecular formula is C33H43N5O4. The molecule has 224 valence electrons. The standard InChI is InChI=1S/C33H43N5O4/c1-32(2,3)27-18-23(19-28(29(27)40)33(4,5)6)11-16-26(39)20-35-30(41)36-24-12-7-21(8-13-24)17-22-9-14-25(15-10-22)37-31(42)38-34/h7-10,12-15,18-19,40H,11,16-17,20,34H2,1-6H3,(H2,35,36,41)(H2,37,38,42). The van der Waals surface area contributed by atoms with Crippen molar-refractivity contribution in [2.24, 2.45) is 5.84 Å². The van der Waals surface area contributed by atoms with E-state index in [1.165, 1.54) is 0 Å². The van der Waals surface area contributed by atoms with Gasteiger partial charge in [0.15, 0.2) is 5.78 Å². The van der Waals surface area contributed by atoms with Gasteiger partial charge in [-0.3, -0.25) is 10.2 Å². The lowest BCUT2D eigenvalue weighted by atomic mass is 9.78. The van der Waals surface area contributed by atoms with Gasteiger partial charge in [-0.1, -0.05) is 77.9 Å². The first-order chi connectivity index (χ1) is 19.7. The van der Waals surface area contributed by atoms with Crippen molar-refractivity contribution in [3.05, 3.63) is 88.5 Å². The summed E-state index contributed by atoms with van der Waals surface area (Å²) in [6.45, 7) is 12.3. The number of carbonyl (C=O) groups is 3. The largest absolute Gasteiger partial charge is 0.507 e. The Kier molecular flexibility index (Phi) is 10.4. The Morgan fingerprint density at radius 1 is 0.714 bits per heavy atom. The van der Waals surface area contributed by atoms with E-state index in [-0.39, 0.29) is 29.6 Å². The van der Waals surface area contributed by atoms with Gasteiger partial charge in [-0.15, -0.1) is 0 Å². The Bertz CT molecular complexity index is 1370. The summed E-state index contributed by atoms with van der Waals surface area (Å²) in [5, 5.41) is 18.9. The molecule has 42 heavy (non-hydrogen) atoms. The van der Waals surface area contributed by atoms with Gasteiger partial charge < -0.3 is 21.1 Å². The molecule has 0 aliphatic carbocycles. The van der Waals surface area contributed by atoms with E-state index >= 15 is 0 Å². The summed E-state index contributed by atoms with van der Waals surface area (Å²) in [6.07, 6.45) is 1.49. The molecule has 0 aromatic heterocycles. The molecule has 0 radical (unpaired) electrons. The van der Waals surface area contributed by atoms with Crippen molar-refractivity contribution in [2.75, 3.05) is 17.2 Å². The van der Waals surface area contributed by atoms with Gasteiger partial charge in [-0.2, -0.15) is 0 Å². The summed E-state index contributed by atoms with van der Waals surface area (Å²) in [5.74, 6) is 5.32. The number of Topliss-reactive ketones (excluding diaryl/α,β-unsaturated/α-hetero) is 1. The van der Waals surface area contributed by atoms with Gasteiger partial charge in [0.2, 0.25) is 0 Å². The number of hydrogen-bond donors (Lipinski definition) is 6. The van der Waals surface area contributed by atoms with E-state index in [2.05, 4.69) is 57.5 Å². The molecule has 0 saturated carbocycles. The number of urea groups is 2. The number of ketones is 1. The van der Waals surface area contributed by atoms with Crippen LogP contribution in [-0.2, 0) is 28.5 Å². The van der Waals surface area contributed by atoms with E-state index < -0.39 is 12.1 Å². The maximum atomic E-state index is 12.6. The summed E-state index contributed by atoms with van der Waals surface area (Å²) in [6, 6.07) is 17.9. The van der Waals surface area contributed by atoms with Crippen LogP contribution in [-0.4, -0.2) is 29.5 Å². The number of carbonyl (C=O) groups excluding carboxylic acids is 3. The number of aryl methyl sites for hydroxylation is 1. The lowest BCUT2D eigenvalue weighted by Gasteiger charge is -2.28. The maximum absolute atomic E-state index is 12.6. The van der Waals surface area contributed by atoms with Crippen LogP contribution in [0.1, 0.15) is 75.8 Å². The molecule has 3 aromatic rings. The highest BCUT2D eigenvalue weighted by Gasteiger charge is 2.26. The Morgan fingerprint density at radius 2 is 1.17 bits per heavy atom. The minimum atomic E-state index is -0.488. The van der Waals surface area contributed by atoms with Crippen LogP contribution >= 0.6 is 0 Å². The molecular weight excluding hydrogens is 530 g/mol. The molecule has 9 heteroatoms. The lowest BCUT2D eigenvalue weighted by molar-refractivity contribution is -0.118. The van der Waals surface area contributed by atoms with Crippen molar-refractivity contribution in [3.63, 3.8) is 0 Å². The number of hydrogen-bond acceptors (Lipinski definition) is 5. The van der Waals surface area contributed by atoms with E-state index in [4.69, 9.17) is 5.84 Å². The third kappa shape index (κ3) is 9.34. The van der Waals surface area contributed by atoms with Crippen LogP contribution in [0, 0.1) is 0 Å². The van der Waals surface area contributed by atoms with Gasteiger partial charge in [0.05, 0.1) is 6.54 Å². The fourth-order valence-electron chi connectivity index (χ4n) is 4.52. The van der Waals surface area contributed by atoms with Crippen LogP contribution in [0.25, 0.3) is 0 Å². The molecule has 0 aliphatic rings. The second-order valence-corrected chi connectivity index (χ2v) is 12.6. The normalized spacial score (nSPS) is 11.5. The minimum Gasteiger partial charge on any atom is -0.507 e.